The van der Waals surface area contributed by atoms with Crippen molar-refractivity contribution in [1.82, 2.24) is 4.98 Å². The molecule has 0 saturated heterocycles. The molecule has 1 heterocycles. The van der Waals surface area contributed by atoms with Crippen molar-refractivity contribution in [3.8, 4) is 5.75 Å². The lowest BCUT2D eigenvalue weighted by atomic mass is 10.0. The summed E-state index contributed by atoms with van der Waals surface area (Å²) in [5, 5.41) is 0. The molecule has 0 N–H and O–H groups in total. The van der Waals surface area contributed by atoms with Crippen molar-refractivity contribution in [1.29, 1.82) is 0 Å². The van der Waals surface area contributed by atoms with Gasteiger partial charge in [-0.25, -0.2) is 4.39 Å². The maximum Gasteiger partial charge on any atom is 0.183 e. The summed E-state index contributed by atoms with van der Waals surface area (Å²) in [6.45, 7) is 4.02. The van der Waals surface area contributed by atoms with Crippen molar-refractivity contribution in [2.45, 2.75) is 38.7 Å². The van der Waals surface area contributed by atoms with E-state index in [9.17, 15) is 4.39 Å². The average molecular weight is 195 g/mol. The first-order valence-electron chi connectivity index (χ1n) is 4.98. The van der Waals surface area contributed by atoms with Gasteiger partial charge in [-0.3, -0.25) is 4.98 Å². The van der Waals surface area contributed by atoms with E-state index in [0.717, 1.165) is 18.4 Å². The Bertz CT molecular complexity index is 334. The molecule has 0 aromatic carbocycles. The highest BCUT2D eigenvalue weighted by molar-refractivity contribution is 5.34. The standard InChI is InChI=1S/C11H14FNO/c1-7(2)9-5-13-6-10(12)11(9)14-8-3-4-8/h5-8H,3-4H2,1-2H3. The maximum atomic E-state index is 13.4. The van der Waals surface area contributed by atoms with E-state index in [0.29, 0.717) is 5.75 Å². The molecule has 1 aliphatic carbocycles. The molecule has 1 fully saturated rings. The zero-order chi connectivity index (χ0) is 10.1. The van der Waals surface area contributed by atoms with Crippen LogP contribution in [0.3, 0.4) is 0 Å². The first-order chi connectivity index (χ1) is 6.68. The number of nitrogens with zero attached hydrogens (tertiary/aromatic N) is 1. The fourth-order valence-electron chi connectivity index (χ4n) is 1.33. The maximum absolute atomic E-state index is 13.4. The highest BCUT2D eigenvalue weighted by Gasteiger charge is 2.26. The lowest BCUT2D eigenvalue weighted by Gasteiger charge is -2.13. The Morgan fingerprint density at radius 1 is 1.43 bits per heavy atom. The predicted octanol–water partition coefficient (Wildman–Crippen LogP) is 2.89. The van der Waals surface area contributed by atoms with Crippen molar-refractivity contribution in [2.24, 2.45) is 0 Å². The number of rotatable bonds is 3. The fraction of sp³-hybridized carbons (Fsp3) is 0.545. The molecule has 76 valence electrons. The van der Waals surface area contributed by atoms with Gasteiger partial charge in [-0.05, 0) is 18.8 Å². The van der Waals surface area contributed by atoms with E-state index in [2.05, 4.69) is 4.98 Å². The van der Waals surface area contributed by atoms with Gasteiger partial charge in [-0.1, -0.05) is 13.8 Å². The summed E-state index contributed by atoms with van der Waals surface area (Å²) < 4.78 is 18.9. The monoisotopic (exact) mass is 195 g/mol. The number of hydrogen-bond donors (Lipinski definition) is 0. The van der Waals surface area contributed by atoms with Gasteiger partial charge in [0.2, 0.25) is 0 Å². The van der Waals surface area contributed by atoms with Gasteiger partial charge < -0.3 is 4.74 Å². The molecule has 1 saturated carbocycles. The Kier molecular flexibility index (Phi) is 2.40. The molecule has 1 aliphatic rings. The number of halogens is 1. The van der Waals surface area contributed by atoms with Crippen molar-refractivity contribution >= 4 is 0 Å². The van der Waals surface area contributed by atoms with E-state index in [1.165, 1.54) is 6.20 Å². The van der Waals surface area contributed by atoms with Gasteiger partial charge in [-0.2, -0.15) is 0 Å². The van der Waals surface area contributed by atoms with Gasteiger partial charge in [-0.15, -0.1) is 0 Å². The lowest BCUT2D eigenvalue weighted by molar-refractivity contribution is 0.282. The summed E-state index contributed by atoms with van der Waals surface area (Å²) in [7, 11) is 0. The van der Waals surface area contributed by atoms with Crippen LogP contribution >= 0.6 is 0 Å². The minimum absolute atomic E-state index is 0.226. The summed E-state index contributed by atoms with van der Waals surface area (Å²) in [5.74, 6) is 0.299. The molecule has 2 rings (SSSR count). The molecule has 0 radical (unpaired) electrons. The van der Waals surface area contributed by atoms with E-state index in [-0.39, 0.29) is 17.8 Å². The Balaban J connectivity index is 2.31. The number of ether oxygens (including phenoxy) is 1. The van der Waals surface area contributed by atoms with Gasteiger partial charge in [0.15, 0.2) is 11.6 Å². The average Bonchev–Trinajstić information content (AvgIpc) is 2.91. The minimum atomic E-state index is -0.344. The Hall–Kier alpha value is -1.12. The van der Waals surface area contributed by atoms with Crippen LogP contribution in [0.2, 0.25) is 0 Å². The second-order valence-corrected chi connectivity index (χ2v) is 4.01. The summed E-state index contributed by atoms with van der Waals surface area (Å²) in [6.07, 6.45) is 5.21. The molecular formula is C11H14FNO. The van der Waals surface area contributed by atoms with E-state index < -0.39 is 0 Å². The van der Waals surface area contributed by atoms with Crippen LogP contribution in [0.5, 0.6) is 5.75 Å². The van der Waals surface area contributed by atoms with Crippen molar-refractivity contribution in [3.63, 3.8) is 0 Å². The summed E-state index contributed by atoms with van der Waals surface area (Å²) in [4.78, 5) is 3.84. The van der Waals surface area contributed by atoms with Crippen LogP contribution in [0.15, 0.2) is 12.4 Å². The van der Waals surface area contributed by atoms with Crippen molar-refractivity contribution < 1.29 is 9.13 Å². The van der Waals surface area contributed by atoms with Crippen LogP contribution in [0.4, 0.5) is 4.39 Å². The second kappa shape index (κ2) is 3.56. The van der Waals surface area contributed by atoms with Crippen LogP contribution < -0.4 is 4.74 Å². The first-order valence-corrected chi connectivity index (χ1v) is 4.98. The van der Waals surface area contributed by atoms with Crippen LogP contribution in [0, 0.1) is 5.82 Å². The van der Waals surface area contributed by atoms with Crippen LogP contribution in [-0.2, 0) is 0 Å². The highest BCUT2D eigenvalue weighted by atomic mass is 19.1. The topological polar surface area (TPSA) is 22.1 Å². The number of aromatic nitrogens is 1. The summed E-state index contributed by atoms with van der Waals surface area (Å²) >= 11 is 0. The molecule has 3 heteroatoms. The van der Waals surface area contributed by atoms with E-state index in [1.54, 1.807) is 6.20 Å². The van der Waals surface area contributed by atoms with Crippen molar-refractivity contribution in [2.75, 3.05) is 0 Å². The van der Waals surface area contributed by atoms with Crippen LogP contribution in [0.1, 0.15) is 38.2 Å². The normalized spacial score (nSPS) is 16.0. The minimum Gasteiger partial charge on any atom is -0.487 e. The van der Waals surface area contributed by atoms with Crippen LogP contribution in [0.25, 0.3) is 0 Å². The molecule has 0 amide bonds. The largest absolute Gasteiger partial charge is 0.487 e. The molecule has 0 bridgehead atoms. The molecule has 0 unspecified atom stereocenters. The third kappa shape index (κ3) is 1.86. The van der Waals surface area contributed by atoms with Gasteiger partial charge in [0, 0.05) is 11.8 Å². The van der Waals surface area contributed by atoms with Gasteiger partial charge >= 0.3 is 0 Å². The van der Waals surface area contributed by atoms with Gasteiger partial charge in [0.25, 0.3) is 0 Å². The fourth-order valence-corrected chi connectivity index (χ4v) is 1.33. The molecule has 1 aromatic heterocycles. The van der Waals surface area contributed by atoms with E-state index in [4.69, 9.17) is 4.74 Å². The molecule has 0 spiro atoms. The third-order valence-electron chi connectivity index (χ3n) is 2.31. The molecule has 1 aromatic rings. The summed E-state index contributed by atoms with van der Waals surface area (Å²) in [5.41, 5.74) is 0.858. The summed E-state index contributed by atoms with van der Waals surface area (Å²) in [6, 6.07) is 0. The Labute approximate surface area is 83.1 Å². The molecular weight excluding hydrogens is 181 g/mol. The number of hydrogen-bond acceptors (Lipinski definition) is 2. The second-order valence-electron chi connectivity index (χ2n) is 4.01. The molecule has 14 heavy (non-hydrogen) atoms. The van der Waals surface area contributed by atoms with Crippen LogP contribution in [-0.4, -0.2) is 11.1 Å². The Morgan fingerprint density at radius 2 is 2.14 bits per heavy atom. The van der Waals surface area contributed by atoms with Gasteiger partial charge in [0.05, 0.1) is 12.3 Å². The highest BCUT2D eigenvalue weighted by Crippen LogP contribution is 2.33. The van der Waals surface area contributed by atoms with E-state index >= 15 is 0 Å². The Morgan fingerprint density at radius 3 is 2.71 bits per heavy atom. The first kappa shape index (κ1) is 9.44. The predicted molar refractivity (Wildman–Crippen MR) is 51.9 cm³/mol. The van der Waals surface area contributed by atoms with Gasteiger partial charge in [0.1, 0.15) is 0 Å². The molecule has 2 nitrogen and oxygen atoms in total. The molecule has 0 aliphatic heterocycles. The third-order valence-corrected chi connectivity index (χ3v) is 2.31. The quantitative estimate of drug-likeness (QED) is 0.739. The zero-order valence-corrected chi connectivity index (χ0v) is 8.46. The zero-order valence-electron chi connectivity index (χ0n) is 8.46. The number of pyridine rings is 1. The molecule has 0 atom stereocenters. The SMILES string of the molecule is CC(C)c1cncc(F)c1OC1CC1. The van der Waals surface area contributed by atoms with Crippen molar-refractivity contribution in [3.05, 3.63) is 23.8 Å². The lowest BCUT2D eigenvalue weighted by Crippen LogP contribution is -2.04. The van der Waals surface area contributed by atoms with E-state index in [1.807, 2.05) is 13.8 Å². The smallest absolute Gasteiger partial charge is 0.183 e.